The van der Waals surface area contributed by atoms with Crippen LogP contribution in [0.1, 0.15) is 39.5 Å². The molecule has 3 unspecified atom stereocenters. The van der Waals surface area contributed by atoms with Crippen LogP contribution in [-0.4, -0.2) is 17.9 Å². The van der Waals surface area contributed by atoms with Gasteiger partial charge in [0, 0.05) is 12.3 Å². The molecule has 0 aromatic heterocycles. The molecule has 1 heterocycles. The van der Waals surface area contributed by atoms with Gasteiger partial charge in [0.2, 0.25) is 0 Å². The molecule has 0 radical (unpaired) electrons. The van der Waals surface area contributed by atoms with Crippen LogP contribution in [0.4, 0.5) is 0 Å². The molecule has 1 saturated heterocycles. The first kappa shape index (κ1) is 13.1. The zero-order valence-electron chi connectivity index (χ0n) is 11.1. The zero-order chi connectivity index (χ0) is 13.3. The van der Waals surface area contributed by atoms with Crippen molar-refractivity contribution in [3.63, 3.8) is 0 Å². The first-order chi connectivity index (χ1) is 8.49. The van der Waals surface area contributed by atoms with E-state index >= 15 is 0 Å². The van der Waals surface area contributed by atoms with Gasteiger partial charge in [-0.25, -0.2) is 0 Å². The number of ether oxygens (including phenoxy) is 1. The molecule has 0 aromatic rings. The van der Waals surface area contributed by atoms with Crippen LogP contribution in [0.3, 0.4) is 0 Å². The molecular formula is C15H20O3. The van der Waals surface area contributed by atoms with Gasteiger partial charge >= 0.3 is 5.97 Å². The standard InChI is InChI=1S/C15H20O3/c1-9-4-7-13(16)10(2)5-6-12-11(3)15(17)18-14(12)8-9/h8,11-12,14H,2,4-7H2,1,3H3. The van der Waals surface area contributed by atoms with E-state index in [0.717, 1.165) is 18.4 Å². The molecule has 18 heavy (non-hydrogen) atoms. The molecule has 0 spiro atoms. The van der Waals surface area contributed by atoms with Crippen LogP contribution in [0.25, 0.3) is 0 Å². The molecule has 3 nitrogen and oxygen atoms in total. The van der Waals surface area contributed by atoms with Crippen molar-refractivity contribution in [2.75, 3.05) is 0 Å². The van der Waals surface area contributed by atoms with Gasteiger partial charge < -0.3 is 4.74 Å². The summed E-state index contributed by atoms with van der Waals surface area (Å²) >= 11 is 0. The van der Waals surface area contributed by atoms with Crippen molar-refractivity contribution in [1.82, 2.24) is 0 Å². The van der Waals surface area contributed by atoms with E-state index in [1.165, 1.54) is 0 Å². The molecular weight excluding hydrogens is 228 g/mol. The lowest BCUT2D eigenvalue weighted by Gasteiger charge is -2.19. The van der Waals surface area contributed by atoms with Gasteiger partial charge in [-0.2, -0.15) is 0 Å². The smallest absolute Gasteiger partial charge is 0.309 e. The molecule has 0 N–H and O–H groups in total. The Hall–Kier alpha value is -1.38. The summed E-state index contributed by atoms with van der Waals surface area (Å²) in [6.45, 7) is 7.76. The summed E-state index contributed by atoms with van der Waals surface area (Å²) in [5.74, 6) is 0.126. The Morgan fingerprint density at radius 1 is 1.28 bits per heavy atom. The van der Waals surface area contributed by atoms with E-state index in [1.54, 1.807) is 0 Å². The minimum atomic E-state index is -0.120. The Labute approximate surface area is 108 Å². The molecule has 98 valence electrons. The SMILES string of the molecule is C=C1CCC2C(C=C(C)CCC1=O)OC(=O)C2C. The van der Waals surface area contributed by atoms with Gasteiger partial charge in [0.05, 0.1) is 5.92 Å². The summed E-state index contributed by atoms with van der Waals surface area (Å²) in [4.78, 5) is 23.4. The molecule has 2 aliphatic rings. The highest BCUT2D eigenvalue weighted by molar-refractivity contribution is 5.94. The van der Waals surface area contributed by atoms with Gasteiger partial charge in [-0.3, -0.25) is 9.59 Å². The number of carbonyl (C=O) groups is 2. The monoisotopic (exact) mass is 248 g/mol. The fourth-order valence-corrected chi connectivity index (χ4v) is 2.69. The van der Waals surface area contributed by atoms with Gasteiger partial charge in [-0.05, 0) is 37.8 Å². The Morgan fingerprint density at radius 2 is 2.00 bits per heavy atom. The molecule has 3 heteroatoms. The first-order valence-corrected chi connectivity index (χ1v) is 6.58. The minimum Gasteiger partial charge on any atom is -0.458 e. The van der Waals surface area contributed by atoms with Gasteiger partial charge in [0.1, 0.15) is 6.10 Å². The lowest BCUT2D eigenvalue weighted by molar-refractivity contribution is -0.142. The number of Topliss-reactive ketones (excluding diaryl/α,β-unsaturated/α-hetero) is 1. The molecule has 1 aliphatic heterocycles. The molecule has 0 amide bonds. The second-order valence-electron chi connectivity index (χ2n) is 5.43. The highest BCUT2D eigenvalue weighted by atomic mass is 16.6. The maximum atomic E-state index is 11.8. The highest BCUT2D eigenvalue weighted by Crippen LogP contribution is 2.35. The van der Waals surface area contributed by atoms with Crippen molar-refractivity contribution in [3.05, 3.63) is 23.8 Å². The fraction of sp³-hybridized carbons (Fsp3) is 0.600. The summed E-state index contributed by atoms with van der Waals surface area (Å²) < 4.78 is 5.41. The number of allylic oxidation sites excluding steroid dienone is 2. The van der Waals surface area contributed by atoms with Crippen molar-refractivity contribution < 1.29 is 14.3 Å². The van der Waals surface area contributed by atoms with Crippen LogP contribution in [0.15, 0.2) is 23.8 Å². The average molecular weight is 248 g/mol. The van der Waals surface area contributed by atoms with Crippen LogP contribution < -0.4 is 0 Å². The zero-order valence-corrected chi connectivity index (χ0v) is 11.1. The van der Waals surface area contributed by atoms with E-state index in [2.05, 4.69) is 6.58 Å². The van der Waals surface area contributed by atoms with E-state index in [1.807, 2.05) is 19.9 Å². The maximum Gasteiger partial charge on any atom is 0.309 e. The number of rotatable bonds is 0. The quantitative estimate of drug-likeness (QED) is 0.376. The van der Waals surface area contributed by atoms with Crippen LogP contribution in [0, 0.1) is 11.8 Å². The Kier molecular flexibility index (Phi) is 3.69. The molecule has 0 bridgehead atoms. The molecule has 1 fully saturated rings. The van der Waals surface area contributed by atoms with E-state index < -0.39 is 0 Å². The van der Waals surface area contributed by atoms with Crippen LogP contribution in [0.2, 0.25) is 0 Å². The van der Waals surface area contributed by atoms with Crippen molar-refractivity contribution in [2.45, 2.75) is 45.6 Å². The molecule has 0 aromatic carbocycles. The number of hydrogen-bond donors (Lipinski definition) is 0. The first-order valence-electron chi connectivity index (χ1n) is 6.58. The van der Waals surface area contributed by atoms with Crippen molar-refractivity contribution >= 4 is 11.8 Å². The number of carbonyl (C=O) groups excluding carboxylic acids is 2. The lowest BCUT2D eigenvalue weighted by Crippen LogP contribution is -2.20. The Morgan fingerprint density at radius 3 is 2.72 bits per heavy atom. The fourth-order valence-electron chi connectivity index (χ4n) is 2.69. The second kappa shape index (κ2) is 5.09. The third kappa shape index (κ3) is 2.55. The van der Waals surface area contributed by atoms with E-state index in [0.29, 0.717) is 18.4 Å². The largest absolute Gasteiger partial charge is 0.458 e. The maximum absolute atomic E-state index is 11.8. The molecule has 0 saturated carbocycles. The molecule has 3 atom stereocenters. The van der Waals surface area contributed by atoms with Crippen LogP contribution in [0.5, 0.6) is 0 Å². The third-order valence-electron chi connectivity index (χ3n) is 4.06. The summed E-state index contributed by atoms with van der Waals surface area (Å²) in [6, 6.07) is 0. The normalized spacial score (nSPS) is 33.8. The predicted molar refractivity (Wildman–Crippen MR) is 68.9 cm³/mol. The molecule has 1 aliphatic carbocycles. The minimum absolute atomic E-state index is 0.0821. The lowest BCUT2D eigenvalue weighted by atomic mass is 9.84. The van der Waals surface area contributed by atoms with Gasteiger partial charge in [0.25, 0.3) is 0 Å². The van der Waals surface area contributed by atoms with Gasteiger partial charge in [-0.1, -0.05) is 19.1 Å². The van der Waals surface area contributed by atoms with Crippen LogP contribution >= 0.6 is 0 Å². The average Bonchev–Trinajstić information content (AvgIpc) is 2.58. The second-order valence-corrected chi connectivity index (χ2v) is 5.43. The Bertz CT molecular complexity index is 419. The van der Waals surface area contributed by atoms with Crippen molar-refractivity contribution in [1.29, 1.82) is 0 Å². The number of ketones is 1. The molecule has 2 rings (SSSR count). The number of hydrogen-bond acceptors (Lipinski definition) is 3. The van der Waals surface area contributed by atoms with Gasteiger partial charge in [0.15, 0.2) is 5.78 Å². The van der Waals surface area contributed by atoms with Crippen molar-refractivity contribution in [3.8, 4) is 0 Å². The van der Waals surface area contributed by atoms with Gasteiger partial charge in [-0.15, -0.1) is 0 Å². The number of fused-ring (bicyclic) bond motifs is 1. The number of esters is 1. The summed E-state index contributed by atoms with van der Waals surface area (Å²) in [6.07, 6.45) is 4.62. The van der Waals surface area contributed by atoms with Crippen molar-refractivity contribution in [2.24, 2.45) is 11.8 Å². The highest BCUT2D eigenvalue weighted by Gasteiger charge is 2.40. The summed E-state index contributed by atoms with van der Waals surface area (Å²) in [5.41, 5.74) is 1.81. The summed E-state index contributed by atoms with van der Waals surface area (Å²) in [5, 5.41) is 0. The Balaban J connectivity index is 2.23. The van der Waals surface area contributed by atoms with E-state index in [4.69, 9.17) is 4.74 Å². The third-order valence-corrected chi connectivity index (χ3v) is 4.06. The van der Waals surface area contributed by atoms with E-state index in [9.17, 15) is 9.59 Å². The van der Waals surface area contributed by atoms with Crippen LogP contribution in [-0.2, 0) is 14.3 Å². The predicted octanol–water partition coefficient (Wildman–Crippen LogP) is 2.81. The topological polar surface area (TPSA) is 43.4 Å². The summed E-state index contributed by atoms with van der Waals surface area (Å²) in [7, 11) is 0. The van der Waals surface area contributed by atoms with E-state index in [-0.39, 0.29) is 29.7 Å².